The molecule has 72 heavy (non-hydrogen) atoms. The molecular weight excluding hydrogens is 865 g/mol. The van der Waals surface area contributed by atoms with Crippen LogP contribution in [0.5, 0.6) is 0 Å². The number of rotatable bonds is 0. The van der Waals surface area contributed by atoms with Gasteiger partial charge >= 0.3 is 0 Å². The first-order valence-corrected chi connectivity index (χ1v) is 31.9. The van der Waals surface area contributed by atoms with Gasteiger partial charge in [0.1, 0.15) is 0 Å². The summed E-state index contributed by atoms with van der Waals surface area (Å²) in [5.41, 5.74) is 8.53. The van der Waals surface area contributed by atoms with Gasteiger partial charge in [-0.2, -0.15) is 0 Å². The fourth-order valence-electron chi connectivity index (χ4n) is 11.6. The first-order valence-electron chi connectivity index (χ1n) is 31.9. The Morgan fingerprint density at radius 2 is 0.431 bits per heavy atom. The van der Waals surface area contributed by atoms with Crippen LogP contribution < -0.4 is 0 Å². The highest BCUT2D eigenvalue weighted by atomic mass is 14.4. The predicted molar refractivity (Wildman–Crippen MR) is 335 cm³/mol. The topological polar surface area (TPSA) is 0 Å². The Labute approximate surface area is 453 Å². The molecule has 0 amide bonds. The molecule has 0 spiro atoms. The quantitative estimate of drug-likeness (QED) is 0.211. The number of benzene rings is 3. The van der Waals surface area contributed by atoms with Crippen LogP contribution >= 0.6 is 0 Å². The van der Waals surface area contributed by atoms with Crippen LogP contribution in [0.25, 0.3) is 18.2 Å². The lowest BCUT2D eigenvalue weighted by molar-refractivity contribution is 0.277. The van der Waals surface area contributed by atoms with Crippen LogP contribution in [0.2, 0.25) is 0 Å². The van der Waals surface area contributed by atoms with Crippen molar-refractivity contribution in [2.24, 2.45) is 35.5 Å². The molecule has 3 aromatic rings. The molecule has 0 N–H and O–H groups in total. The summed E-state index contributed by atoms with van der Waals surface area (Å²) in [7, 11) is 0. The van der Waals surface area contributed by atoms with E-state index in [1.807, 2.05) is 83.1 Å². The zero-order valence-corrected chi connectivity index (χ0v) is 51.2. The van der Waals surface area contributed by atoms with E-state index in [9.17, 15) is 0 Å². The SMILES string of the molecule is C1=Cc2ccccc2C1.C1=Cc2ccccc2C1.C1=Cc2ccccc2C1.C1CCC2CCCC2C1.C1CCC2CCCC2C1.C1CCC2CCCC2C1.CC.CC.CC.CC.CC.CC.CCC.CCC. The summed E-state index contributed by atoms with van der Waals surface area (Å²) < 4.78 is 0. The van der Waals surface area contributed by atoms with Gasteiger partial charge in [0.05, 0.1) is 0 Å². The zero-order chi connectivity index (χ0) is 54.0. The molecule has 9 aliphatic carbocycles. The zero-order valence-electron chi connectivity index (χ0n) is 51.2. The molecule has 412 valence electrons. The molecule has 0 bridgehead atoms. The van der Waals surface area contributed by atoms with E-state index in [2.05, 4.69) is 137 Å². The molecule has 9 aliphatic rings. The maximum atomic E-state index is 2.20. The molecular formula is C72H124. The van der Waals surface area contributed by atoms with E-state index in [1.54, 1.807) is 77.0 Å². The van der Waals surface area contributed by atoms with Crippen LogP contribution in [0.15, 0.2) is 91.0 Å². The first kappa shape index (κ1) is 71.0. The molecule has 6 saturated carbocycles. The van der Waals surface area contributed by atoms with Crippen molar-refractivity contribution in [3.63, 3.8) is 0 Å². The summed E-state index contributed by atoms with van der Waals surface area (Å²) >= 11 is 0. The summed E-state index contributed by atoms with van der Waals surface area (Å²) in [4.78, 5) is 0. The summed E-state index contributed by atoms with van der Waals surface area (Å²) in [6, 6.07) is 25.5. The number of hydrogen-bond acceptors (Lipinski definition) is 0. The summed E-state index contributed by atoms with van der Waals surface area (Å²) in [6.07, 6.45) is 51.5. The minimum absolute atomic E-state index is 1.12. The van der Waals surface area contributed by atoms with E-state index < -0.39 is 0 Å². The van der Waals surface area contributed by atoms with Gasteiger partial charge in [0, 0.05) is 0 Å². The van der Waals surface area contributed by atoms with E-state index in [-0.39, 0.29) is 0 Å². The van der Waals surface area contributed by atoms with Crippen molar-refractivity contribution in [3.05, 3.63) is 124 Å². The fourth-order valence-corrected chi connectivity index (χ4v) is 11.6. The van der Waals surface area contributed by atoms with Gasteiger partial charge in [0.25, 0.3) is 0 Å². The number of fused-ring (bicyclic) bond motifs is 6. The highest BCUT2D eigenvalue weighted by Gasteiger charge is 2.30. The molecule has 3 aromatic carbocycles. The van der Waals surface area contributed by atoms with Crippen LogP contribution in [-0.2, 0) is 19.3 Å². The second-order valence-corrected chi connectivity index (χ2v) is 19.5. The van der Waals surface area contributed by atoms with Crippen LogP contribution in [0.1, 0.15) is 292 Å². The van der Waals surface area contributed by atoms with Crippen molar-refractivity contribution in [2.75, 3.05) is 0 Å². The molecule has 0 heterocycles. The maximum absolute atomic E-state index is 2.20. The van der Waals surface area contributed by atoms with Gasteiger partial charge in [-0.25, -0.2) is 0 Å². The third-order valence-electron chi connectivity index (χ3n) is 14.7. The Bertz CT molecular complexity index is 1440. The molecule has 0 aliphatic heterocycles. The molecule has 6 atom stereocenters. The molecule has 6 unspecified atom stereocenters. The lowest BCUT2D eigenvalue weighted by Gasteiger charge is -2.24. The number of hydrogen-bond donors (Lipinski definition) is 0. The van der Waals surface area contributed by atoms with Crippen LogP contribution in [0.3, 0.4) is 0 Å². The van der Waals surface area contributed by atoms with Crippen LogP contribution in [0.4, 0.5) is 0 Å². The smallest absolute Gasteiger partial charge is 0.00882 e. The average molecular weight is 990 g/mol. The molecule has 0 saturated heterocycles. The minimum atomic E-state index is 1.12. The summed E-state index contributed by atoms with van der Waals surface area (Å²) in [5, 5.41) is 0. The van der Waals surface area contributed by atoms with E-state index >= 15 is 0 Å². The highest BCUT2D eigenvalue weighted by molar-refractivity contribution is 5.60. The molecule has 12 rings (SSSR count). The first-order chi connectivity index (χ1) is 35.6. The van der Waals surface area contributed by atoms with Gasteiger partial charge in [-0.1, -0.05) is 368 Å². The molecule has 0 aromatic heterocycles. The van der Waals surface area contributed by atoms with Gasteiger partial charge in [0.15, 0.2) is 0 Å². The standard InChI is InChI=1S/3C9H16.3C9H8.2C3H8.6C2H6/c6*1-2-5-9-7-3-6-8(9)4-1;2*1-3-2;6*1-2/h3*8-9H,1-7H2;3*1-6H,7H2;2*3H2,1-2H3;6*1-2H3. The van der Waals surface area contributed by atoms with E-state index in [0.29, 0.717) is 0 Å². The third-order valence-corrected chi connectivity index (χ3v) is 14.7. The Balaban J connectivity index is 0. The van der Waals surface area contributed by atoms with E-state index in [0.717, 1.165) is 19.3 Å². The fraction of sp³-hybridized carbons (Fsp3) is 0.667. The van der Waals surface area contributed by atoms with Crippen molar-refractivity contribution in [2.45, 2.75) is 278 Å². The molecule has 0 heteroatoms. The van der Waals surface area contributed by atoms with Crippen molar-refractivity contribution in [3.8, 4) is 0 Å². The second-order valence-electron chi connectivity index (χ2n) is 19.5. The average Bonchev–Trinajstić information content (AvgIpc) is 4.35. The number of allylic oxidation sites excluding steroid dienone is 3. The normalized spacial score (nSPS) is 22.2. The van der Waals surface area contributed by atoms with Crippen LogP contribution in [0, 0.1) is 35.5 Å². The van der Waals surface area contributed by atoms with Gasteiger partial charge in [-0.3, -0.25) is 0 Å². The van der Waals surface area contributed by atoms with Crippen molar-refractivity contribution < 1.29 is 0 Å². The molecule has 0 nitrogen and oxygen atoms in total. The van der Waals surface area contributed by atoms with Gasteiger partial charge in [-0.15, -0.1) is 0 Å². The largest absolute Gasteiger partial charge is 0.0795 e. The van der Waals surface area contributed by atoms with Gasteiger partial charge < -0.3 is 0 Å². The predicted octanol–water partition coefficient (Wildman–Crippen LogP) is 24.7. The minimum Gasteiger partial charge on any atom is -0.0795 e. The lowest BCUT2D eigenvalue weighted by atomic mass is 9.82. The van der Waals surface area contributed by atoms with E-state index in [4.69, 9.17) is 0 Å². The van der Waals surface area contributed by atoms with E-state index in [1.165, 1.54) is 140 Å². The van der Waals surface area contributed by atoms with Crippen molar-refractivity contribution >= 4 is 18.2 Å². The Kier molecular flexibility index (Phi) is 50.6. The van der Waals surface area contributed by atoms with Gasteiger partial charge in [0.2, 0.25) is 0 Å². The third kappa shape index (κ3) is 29.7. The second kappa shape index (κ2) is 51.4. The summed E-state index contributed by atoms with van der Waals surface area (Å²) in [6.45, 7) is 32.5. The summed E-state index contributed by atoms with van der Waals surface area (Å²) in [5.74, 6) is 6.99. The Morgan fingerprint density at radius 3 is 0.611 bits per heavy atom. The monoisotopic (exact) mass is 989 g/mol. The van der Waals surface area contributed by atoms with Crippen LogP contribution in [-0.4, -0.2) is 0 Å². The van der Waals surface area contributed by atoms with Crippen molar-refractivity contribution in [1.29, 1.82) is 0 Å². The van der Waals surface area contributed by atoms with Gasteiger partial charge in [-0.05, 0) is 88.2 Å². The molecule has 6 fully saturated rings. The maximum Gasteiger partial charge on any atom is -0.00882 e. The Hall–Kier alpha value is -3.12. The highest BCUT2D eigenvalue weighted by Crippen LogP contribution is 2.43. The Morgan fingerprint density at radius 1 is 0.264 bits per heavy atom. The van der Waals surface area contributed by atoms with Crippen molar-refractivity contribution in [1.82, 2.24) is 0 Å². The lowest BCUT2D eigenvalue weighted by Crippen LogP contribution is -2.12. The molecule has 0 radical (unpaired) electrons.